The Morgan fingerprint density at radius 2 is 1.31 bits per heavy atom. The normalized spacial score (nSPS) is 13.9. The van der Waals surface area contributed by atoms with E-state index >= 15 is 0 Å². The SMILES string of the molecule is O=C1OC2(c3cc(NC(=S)Nc4ccc(B(O)O)cc4)ccc31)c1cc(Br)c(O)c(Br)c1Oc1c2cc(Br)c(O)c1Br. The van der Waals surface area contributed by atoms with Crippen molar-refractivity contribution in [2.24, 2.45) is 0 Å². The van der Waals surface area contributed by atoms with E-state index in [0.29, 0.717) is 48.0 Å². The van der Waals surface area contributed by atoms with E-state index in [1.807, 2.05) is 0 Å². The van der Waals surface area contributed by atoms with Crippen LogP contribution in [0.2, 0.25) is 0 Å². The summed E-state index contributed by atoms with van der Waals surface area (Å²) in [5.41, 5.74) is 1.57. The highest BCUT2D eigenvalue weighted by molar-refractivity contribution is 9.11. The first-order valence-corrected chi connectivity index (χ1v) is 15.5. The molecule has 4 aromatic carbocycles. The summed E-state index contributed by atoms with van der Waals surface area (Å²) < 4.78 is 13.5. The summed E-state index contributed by atoms with van der Waals surface area (Å²) in [4.78, 5) is 13.4. The number of nitrogens with one attached hydrogen (secondary N) is 2. The Hall–Kier alpha value is -2.66. The fourth-order valence-corrected chi connectivity index (χ4v) is 7.56. The van der Waals surface area contributed by atoms with Gasteiger partial charge in [0, 0.05) is 16.9 Å². The van der Waals surface area contributed by atoms with Gasteiger partial charge in [-0.25, -0.2) is 4.79 Å². The molecule has 0 saturated heterocycles. The number of benzene rings is 4. The molecular weight excluding hydrogens is 827 g/mol. The number of phenols is 2. The molecule has 212 valence electrons. The van der Waals surface area contributed by atoms with Crippen molar-refractivity contribution in [2.75, 3.05) is 10.6 Å². The van der Waals surface area contributed by atoms with E-state index < -0.39 is 18.7 Å². The molecule has 9 nitrogen and oxygen atoms in total. The third kappa shape index (κ3) is 4.62. The van der Waals surface area contributed by atoms with Gasteiger partial charge in [-0.15, -0.1) is 0 Å². The van der Waals surface area contributed by atoms with Crippen LogP contribution in [0, 0.1) is 0 Å². The number of fused-ring (bicyclic) bond motifs is 6. The van der Waals surface area contributed by atoms with Gasteiger partial charge in [-0.1, -0.05) is 12.1 Å². The second-order valence-corrected chi connectivity index (χ2v) is 13.0. The molecule has 42 heavy (non-hydrogen) atoms. The molecule has 0 saturated carbocycles. The maximum Gasteiger partial charge on any atom is 0.488 e. The van der Waals surface area contributed by atoms with Crippen molar-refractivity contribution in [3.8, 4) is 23.0 Å². The average Bonchev–Trinajstić information content (AvgIpc) is 3.24. The lowest BCUT2D eigenvalue weighted by Crippen LogP contribution is -2.33. The smallest absolute Gasteiger partial charge is 0.488 e. The van der Waals surface area contributed by atoms with E-state index in [1.54, 1.807) is 54.6 Å². The molecule has 0 fully saturated rings. The van der Waals surface area contributed by atoms with Crippen molar-refractivity contribution < 1.29 is 34.5 Å². The molecule has 2 heterocycles. The summed E-state index contributed by atoms with van der Waals surface area (Å²) in [7, 11) is -1.58. The Labute approximate surface area is 277 Å². The van der Waals surface area contributed by atoms with Crippen LogP contribution in [0.1, 0.15) is 27.0 Å². The lowest BCUT2D eigenvalue weighted by atomic mass is 9.77. The van der Waals surface area contributed by atoms with E-state index in [-0.39, 0.29) is 37.1 Å². The number of thiocarbonyl (C=S) groups is 1. The molecule has 0 atom stereocenters. The number of aromatic hydroxyl groups is 2. The first kappa shape index (κ1) is 29.4. The molecule has 6 rings (SSSR count). The van der Waals surface area contributed by atoms with Gasteiger partial charge in [-0.05, 0) is 124 Å². The Kier molecular flexibility index (Phi) is 7.57. The van der Waals surface area contributed by atoms with Crippen molar-refractivity contribution in [1.82, 2.24) is 0 Å². The molecule has 0 aromatic heterocycles. The largest absolute Gasteiger partial charge is 0.505 e. The highest BCUT2D eigenvalue weighted by atomic mass is 79.9. The Bertz CT molecular complexity index is 1780. The molecule has 4 aromatic rings. The van der Waals surface area contributed by atoms with E-state index in [4.69, 9.17) is 21.7 Å². The minimum Gasteiger partial charge on any atom is -0.505 e. The first-order valence-electron chi connectivity index (χ1n) is 11.9. The predicted octanol–water partition coefficient (Wildman–Crippen LogP) is 6.20. The molecular formula is C27H15BBr4N2O7S. The van der Waals surface area contributed by atoms with Crippen molar-refractivity contribution in [2.45, 2.75) is 5.60 Å². The molecule has 0 amide bonds. The van der Waals surface area contributed by atoms with Crippen LogP contribution in [0.15, 0.2) is 72.5 Å². The van der Waals surface area contributed by atoms with Crippen LogP contribution in [-0.2, 0) is 10.3 Å². The average molecular weight is 842 g/mol. The van der Waals surface area contributed by atoms with Gasteiger partial charge in [0.15, 0.2) is 22.2 Å². The highest BCUT2D eigenvalue weighted by Gasteiger charge is 2.55. The summed E-state index contributed by atoms with van der Waals surface area (Å²) in [6, 6.07) is 14.7. The number of rotatable bonds is 3. The maximum atomic E-state index is 13.4. The van der Waals surface area contributed by atoms with Gasteiger partial charge in [-0.2, -0.15) is 0 Å². The van der Waals surface area contributed by atoms with Gasteiger partial charge in [0.05, 0.1) is 25.6 Å². The van der Waals surface area contributed by atoms with E-state index in [2.05, 4.69) is 74.4 Å². The number of hydrogen-bond acceptors (Lipinski definition) is 8. The molecule has 0 radical (unpaired) electrons. The summed E-state index contributed by atoms with van der Waals surface area (Å²) >= 11 is 19.1. The molecule has 2 aliphatic rings. The second-order valence-electron chi connectivity index (χ2n) is 9.30. The minimum absolute atomic E-state index is 0.122. The van der Waals surface area contributed by atoms with E-state index in [1.165, 1.54) is 0 Å². The maximum absolute atomic E-state index is 13.4. The third-order valence-electron chi connectivity index (χ3n) is 6.85. The van der Waals surface area contributed by atoms with Crippen molar-refractivity contribution in [3.05, 3.63) is 94.7 Å². The molecule has 0 aliphatic carbocycles. The summed E-state index contributed by atoms with van der Waals surface area (Å²) in [5, 5.41) is 46.3. The zero-order valence-corrected chi connectivity index (χ0v) is 27.9. The van der Waals surface area contributed by atoms with Gasteiger partial charge < -0.3 is 40.4 Å². The topological polar surface area (TPSA) is 141 Å². The summed E-state index contributed by atoms with van der Waals surface area (Å²) in [6.07, 6.45) is 0. The fraction of sp³-hybridized carbons (Fsp3) is 0.0370. The van der Waals surface area contributed by atoms with E-state index in [9.17, 15) is 25.1 Å². The Balaban J connectivity index is 1.48. The second kappa shape index (κ2) is 10.8. The standard InChI is InChI=1S/C27H15BBr4N2O7S/c29-17-8-15-23(19(31)21(17)35)40-24-16(9-18(30)22(36)20(24)32)27(15)14-7-12(5-6-13(14)25(37)41-27)34-26(42)33-11-3-1-10(2-4-11)28(38)39/h1-9,35-36,38-39H,(H2,33,34,42). The lowest BCUT2D eigenvalue weighted by Gasteiger charge is -2.38. The van der Waals surface area contributed by atoms with Crippen LogP contribution in [0.3, 0.4) is 0 Å². The minimum atomic E-state index is -1.58. The molecule has 0 bridgehead atoms. The number of esters is 1. The number of phenolic OH excluding ortho intramolecular Hbond substituents is 2. The van der Waals surface area contributed by atoms with Gasteiger partial charge in [0.2, 0.25) is 0 Å². The number of carbonyl (C=O) groups is 1. The Morgan fingerprint density at radius 3 is 1.86 bits per heavy atom. The quantitative estimate of drug-likeness (QED) is 0.0803. The first-order chi connectivity index (χ1) is 19.9. The summed E-state index contributed by atoms with van der Waals surface area (Å²) in [5.74, 6) is -0.440. The van der Waals surface area contributed by atoms with Gasteiger partial charge >= 0.3 is 13.1 Å². The fourth-order valence-electron chi connectivity index (χ4n) is 4.92. The molecule has 0 unspecified atom stereocenters. The molecule has 15 heteroatoms. The van der Waals surface area contributed by atoms with Crippen molar-refractivity contribution in [1.29, 1.82) is 0 Å². The zero-order valence-electron chi connectivity index (χ0n) is 20.7. The number of hydrogen-bond donors (Lipinski definition) is 6. The van der Waals surface area contributed by atoms with Crippen LogP contribution < -0.4 is 20.8 Å². The van der Waals surface area contributed by atoms with Crippen LogP contribution in [0.5, 0.6) is 23.0 Å². The van der Waals surface area contributed by atoms with Crippen LogP contribution in [0.4, 0.5) is 11.4 Å². The summed E-state index contributed by atoms with van der Waals surface area (Å²) in [6.45, 7) is 0. The van der Waals surface area contributed by atoms with Gasteiger partial charge in [0.1, 0.15) is 20.4 Å². The monoisotopic (exact) mass is 838 g/mol. The van der Waals surface area contributed by atoms with Crippen molar-refractivity contribution in [3.63, 3.8) is 0 Å². The highest BCUT2D eigenvalue weighted by Crippen LogP contribution is 2.62. The van der Waals surface area contributed by atoms with Crippen LogP contribution in [0.25, 0.3) is 0 Å². The number of ether oxygens (including phenoxy) is 2. The molecule has 6 N–H and O–H groups in total. The predicted molar refractivity (Wildman–Crippen MR) is 175 cm³/mol. The van der Waals surface area contributed by atoms with Gasteiger partial charge in [-0.3, -0.25) is 0 Å². The number of carbonyl (C=O) groups excluding carboxylic acids is 1. The van der Waals surface area contributed by atoms with E-state index in [0.717, 1.165) is 0 Å². The molecule has 1 spiro atoms. The third-order valence-corrected chi connectivity index (χ3v) is 9.73. The number of anilines is 2. The number of halogens is 4. The van der Waals surface area contributed by atoms with Crippen molar-refractivity contribution >= 4 is 111 Å². The molecule has 2 aliphatic heterocycles. The lowest BCUT2D eigenvalue weighted by molar-refractivity contribution is 0.0222. The van der Waals surface area contributed by atoms with Crippen LogP contribution in [-0.4, -0.2) is 38.5 Å². The zero-order chi connectivity index (χ0) is 30.1. The Morgan fingerprint density at radius 1 is 0.786 bits per heavy atom. The van der Waals surface area contributed by atoms with Gasteiger partial charge in [0.25, 0.3) is 0 Å². The van der Waals surface area contributed by atoms with Crippen LogP contribution >= 0.6 is 75.9 Å².